The average molecular weight is 204 g/mol. The molecule has 0 heterocycles. The molecule has 0 fully saturated rings. The first-order valence-electron chi connectivity index (χ1n) is 0.783. The molecule has 0 unspecified atom stereocenters. The molecule has 9 heteroatoms. The molecule has 0 aromatic rings. The summed E-state index contributed by atoms with van der Waals surface area (Å²) in [4.78, 5) is 21.6. The molecule has 5 nitrogen and oxygen atoms in total. The number of hydrogen-bond donors (Lipinski definition) is 3. The van der Waals surface area contributed by atoms with Crippen LogP contribution in [0.4, 0.5) is 0 Å². The third kappa shape index (κ3) is 80.3. The fourth-order valence-corrected chi connectivity index (χ4v) is 0. The summed E-state index contributed by atoms with van der Waals surface area (Å²) in [6.07, 6.45) is 0. The Morgan fingerprint density at radius 2 is 1.00 bits per heavy atom. The molecule has 0 saturated carbocycles. The second-order valence-electron chi connectivity index (χ2n) is 0.513. The van der Waals surface area contributed by atoms with E-state index in [1.807, 2.05) is 0 Å². The third-order valence-corrected chi connectivity index (χ3v) is 0. The first-order valence-corrected chi connectivity index (χ1v) is 2.35. The molecule has 0 atom stereocenters. The van der Waals surface area contributed by atoms with Crippen LogP contribution in [0.2, 0.25) is 0 Å². The molecule has 0 saturated heterocycles. The first kappa shape index (κ1) is 29.3. The normalized spacial score (nSPS) is 6.56. The molecule has 0 spiro atoms. The van der Waals surface area contributed by atoms with Gasteiger partial charge in [-0.2, -0.15) is 0 Å². The monoisotopic (exact) mass is 204 g/mol. The van der Waals surface area contributed by atoms with Gasteiger partial charge in [-0.1, -0.05) is 0 Å². The number of phosphoric acid groups is 1. The number of rotatable bonds is 0. The summed E-state index contributed by atoms with van der Waals surface area (Å²) >= 11 is 0. The van der Waals surface area contributed by atoms with E-state index in [0.29, 0.717) is 0 Å². The van der Waals surface area contributed by atoms with Crippen molar-refractivity contribution in [2.45, 2.75) is 0 Å². The van der Waals surface area contributed by atoms with Crippen molar-refractivity contribution in [3.05, 3.63) is 0 Å². The van der Waals surface area contributed by atoms with Crippen molar-refractivity contribution in [3.8, 4) is 0 Å². The van der Waals surface area contributed by atoms with Crippen molar-refractivity contribution in [1.29, 1.82) is 0 Å². The van der Waals surface area contributed by atoms with Gasteiger partial charge in [-0.05, 0) is 0 Å². The Balaban J connectivity index is -0.0000000133. The molecule has 0 aliphatic heterocycles. The zero-order chi connectivity index (χ0) is 4.50. The van der Waals surface area contributed by atoms with E-state index in [-0.39, 0.29) is 116 Å². The predicted octanol–water partition coefficient (Wildman–Crippen LogP) is -3.70. The molecule has 46 valence electrons. The van der Waals surface area contributed by atoms with Crippen molar-refractivity contribution >= 4 is 118 Å². The van der Waals surface area contributed by atoms with Gasteiger partial charge in [0.25, 0.3) is 0 Å². The van der Waals surface area contributed by atoms with E-state index < -0.39 is 7.82 Å². The van der Waals surface area contributed by atoms with Crippen LogP contribution in [-0.2, 0) is 4.57 Å². The Morgan fingerprint density at radius 3 is 1.00 bits per heavy atom. The standard InChI is InChI=1S/K.2Na.H3O4P.H2O.3H/c;;;1-5(2,3)4;;;;/h;;;(H3,1,2,3,4);1H2;;;. The molecule has 5 N–H and O–H groups in total. The van der Waals surface area contributed by atoms with Gasteiger partial charge >= 0.3 is 118 Å². The van der Waals surface area contributed by atoms with E-state index in [4.69, 9.17) is 19.2 Å². The Hall–Kier alpha value is 3.71. The Bertz CT molecular complexity index is 61.1. The summed E-state index contributed by atoms with van der Waals surface area (Å²) in [5, 5.41) is 0. The first-order chi connectivity index (χ1) is 2.00. The summed E-state index contributed by atoms with van der Waals surface area (Å²) in [5.41, 5.74) is 0. The Morgan fingerprint density at radius 1 is 1.00 bits per heavy atom. The quantitative estimate of drug-likeness (QED) is 0.278. The molecule has 0 bridgehead atoms. The van der Waals surface area contributed by atoms with Gasteiger partial charge in [-0.15, -0.1) is 0 Å². The molecular formula is H8KNa2O5P. The van der Waals surface area contributed by atoms with Crippen LogP contribution < -0.4 is 0 Å². The van der Waals surface area contributed by atoms with Crippen LogP contribution in [0.25, 0.3) is 0 Å². The van der Waals surface area contributed by atoms with E-state index >= 15 is 0 Å². The molecule has 0 rings (SSSR count). The average Bonchev–Trinajstić information content (AvgIpc) is 0.722. The van der Waals surface area contributed by atoms with Gasteiger partial charge < -0.3 is 20.2 Å². The van der Waals surface area contributed by atoms with Crippen LogP contribution in [0.15, 0.2) is 0 Å². The van der Waals surface area contributed by atoms with E-state index in [0.717, 1.165) is 0 Å². The molecule has 0 radical (unpaired) electrons. The summed E-state index contributed by atoms with van der Waals surface area (Å²) in [6.45, 7) is 0. The molecule has 0 aromatic heterocycles. The van der Waals surface area contributed by atoms with Crippen LogP contribution in [0, 0.1) is 0 Å². The van der Waals surface area contributed by atoms with Gasteiger partial charge in [0, 0.05) is 0 Å². The topological polar surface area (TPSA) is 109 Å². The minimum atomic E-state index is -4.64. The van der Waals surface area contributed by atoms with Gasteiger partial charge in [0.05, 0.1) is 0 Å². The zero-order valence-electron chi connectivity index (χ0n) is 2.70. The predicted molar refractivity (Wildman–Crippen MR) is 39.3 cm³/mol. The van der Waals surface area contributed by atoms with Crippen molar-refractivity contribution < 1.29 is 24.7 Å². The van der Waals surface area contributed by atoms with Crippen molar-refractivity contribution in [2.24, 2.45) is 0 Å². The molecule has 0 aliphatic carbocycles. The maximum atomic E-state index is 8.88. The van der Waals surface area contributed by atoms with E-state index in [1.165, 1.54) is 0 Å². The second kappa shape index (κ2) is 14.2. The van der Waals surface area contributed by atoms with Gasteiger partial charge in [0.1, 0.15) is 0 Å². The fraction of sp³-hybridized carbons (Fsp3) is 0. The molecule has 9 heavy (non-hydrogen) atoms. The Kier molecular flexibility index (Phi) is 46.4. The fourth-order valence-electron chi connectivity index (χ4n) is 0. The number of hydrogen-bond acceptors (Lipinski definition) is 1. The maximum absolute atomic E-state index is 8.88. The van der Waals surface area contributed by atoms with Gasteiger partial charge in [-0.3, -0.25) is 0 Å². The second-order valence-corrected chi connectivity index (χ2v) is 1.54. The van der Waals surface area contributed by atoms with Crippen LogP contribution in [-0.4, -0.2) is 131 Å². The minimum absolute atomic E-state index is 0. The van der Waals surface area contributed by atoms with Gasteiger partial charge in [-0.25, -0.2) is 4.57 Å². The molecule has 0 aliphatic rings. The third-order valence-electron chi connectivity index (χ3n) is 0. The van der Waals surface area contributed by atoms with E-state index in [9.17, 15) is 0 Å². The van der Waals surface area contributed by atoms with Gasteiger partial charge in [0.2, 0.25) is 0 Å². The SMILES string of the molecule is O.O=P(O)(O)O.[KH].[NaH].[NaH]. The van der Waals surface area contributed by atoms with Crippen molar-refractivity contribution in [3.63, 3.8) is 0 Å². The van der Waals surface area contributed by atoms with Crippen molar-refractivity contribution in [2.75, 3.05) is 0 Å². The van der Waals surface area contributed by atoms with E-state index in [2.05, 4.69) is 0 Å². The molecular weight excluding hydrogens is 196 g/mol. The summed E-state index contributed by atoms with van der Waals surface area (Å²) in [6, 6.07) is 0. The zero-order valence-corrected chi connectivity index (χ0v) is 3.59. The van der Waals surface area contributed by atoms with Crippen LogP contribution in [0.3, 0.4) is 0 Å². The Labute approximate surface area is 140 Å². The van der Waals surface area contributed by atoms with Crippen LogP contribution >= 0.6 is 7.82 Å². The molecule has 0 aromatic carbocycles. The summed E-state index contributed by atoms with van der Waals surface area (Å²) in [5.74, 6) is 0. The van der Waals surface area contributed by atoms with Crippen molar-refractivity contribution in [1.82, 2.24) is 0 Å². The van der Waals surface area contributed by atoms with Crippen LogP contribution in [0.5, 0.6) is 0 Å². The van der Waals surface area contributed by atoms with Gasteiger partial charge in [0.15, 0.2) is 0 Å². The van der Waals surface area contributed by atoms with E-state index in [1.54, 1.807) is 0 Å². The summed E-state index contributed by atoms with van der Waals surface area (Å²) in [7, 11) is -4.64. The molecule has 0 amide bonds. The summed E-state index contributed by atoms with van der Waals surface area (Å²) < 4.78 is 8.88. The van der Waals surface area contributed by atoms with Crippen LogP contribution in [0.1, 0.15) is 0 Å².